The van der Waals surface area contributed by atoms with Crippen molar-refractivity contribution in [2.45, 2.75) is 31.8 Å². The third kappa shape index (κ3) is 4.23. The van der Waals surface area contributed by atoms with Crippen LogP contribution in [0, 0.1) is 11.3 Å². The van der Waals surface area contributed by atoms with E-state index in [0.29, 0.717) is 5.56 Å². The lowest BCUT2D eigenvalue weighted by Crippen LogP contribution is -2.30. The van der Waals surface area contributed by atoms with Gasteiger partial charge in [-0.25, -0.2) is 0 Å². The van der Waals surface area contributed by atoms with E-state index in [0.717, 1.165) is 44.5 Å². The van der Waals surface area contributed by atoms with Crippen molar-refractivity contribution in [3.63, 3.8) is 0 Å². The maximum absolute atomic E-state index is 9.99. The van der Waals surface area contributed by atoms with Gasteiger partial charge in [-0.2, -0.15) is 5.26 Å². The molecular weight excluding hydrogens is 296 g/mol. The number of β-amino-alcohol motifs (C(OH)–C–C–N with tert-alkyl or cyclic N) is 1. The first-order valence-electron chi connectivity index (χ1n) is 8.60. The van der Waals surface area contributed by atoms with Crippen LogP contribution in [0.1, 0.15) is 30.9 Å². The quantitative estimate of drug-likeness (QED) is 0.915. The number of nitrogens with zero attached hydrogens (tertiary/aromatic N) is 2. The van der Waals surface area contributed by atoms with E-state index in [9.17, 15) is 5.11 Å². The van der Waals surface area contributed by atoms with Crippen molar-refractivity contribution in [3.8, 4) is 17.2 Å². The number of rotatable bonds is 5. The van der Waals surface area contributed by atoms with E-state index in [2.05, 4.69) is 35.2 Å². The summed E-state index contributed by atoms with van der Waals surface area (Å²) in [5.41, 5.74) is 3.86. The van der Waals surface area contributed by atoms with Crippen molar-refractivity contribution in [3.05, 3.63) is 59.7 Å². The molecule has 1 aliphatic heterocycles. The molecule has 2 aromatic carbocycles. The topological polar surface area (TPSA) is 47.3 Å². The predicted molar refractivity (Wildman–Crippen MR) is 96.6 cm³/mol. The smallest absolute Gasteiger partial charge is 0.0991 e. The zero-order valence-corrected chi connectivity index (χ0v) is 14.2. The highest BCUT2D eigenvalue weighted by molar-refractivity contribution is 5.64. The Kier molecular flexibility index (Phi) is 4.99. The molecular formula is C21H24N2O. The van der Waals surface area contributed by atoms with Gasteiger partial charge in [0.2, 0.25) is 0 Å². The summed E-state index contributed by atoms with van der Waals surface area (Å²) in [5.74, 6) is 0. The lowest BCUT2D eigenvalue weighted by molar-refractivity contribution is 0.0687. The van der Waals surface area contributed by atoms with Crippen LogP contribution in [0.3, 0.4) is 0 Å². The number of nitriles is 1. The largest absolute Gasteiger partial charge is 0.389 e. The normalized spacial score (nSPS) is 20.9. The van der Waals surface area contributed by atoms with E-state index < -0.39 is 5.60 Å². The first-order valence-corrected chi connectivity index (χ1v) is 8.60. The molecule has 0 unspecified atom stereocenters. The van der Waals surface area contributed by atoms with Crippen LogP contribution in [0.2, 0.25) is 0 Å². The van der Waals surface area contributed by atoms with E-state index in [1.54, 1.807) is 0 Å². The molecule has 3 heteroatoms. The Labute approximate surface area is 144 Å². The fourth-order valence-corrected chi connectivity index (χ4v) is 3.34. The van der Waals surface area contributed by atoms with Gasteiger partial charge >= 0.3 is 0 Å². The van der Waals surface area contributed by atoms with Gasteiger partial charge in [0, 0.05) is 13.1 Å². The highest BCUT2D eigenvalue weighted by atomic mass is 16.3. The molecule has 0 amide bonds. The van der Waals surface area contributed by atoms with E-state index in [-0.39, 0.29) is 0 Å². The zero-order valence-electron chi connectivity index (χ0n) is 14.2. The predicted octanol–water partition coefficient (Wildman–Crippen LogP) is 3.61. The lowest BCUT2D eigenvalue weighted by Gasteiger charge is -2.18. The SMILES string of the molecule is C[C@@]1(O)CCN(CCCc2ccc(-c3ccc(C#N)cc3)cc2)C1. The maximum atomic E-state index is 9.99. The van der Waals surface area contributed by atoms with Gasteiger partial charge in [0.15, 0.2) is 0 Å². The van der Waals surface area contributed by atoms with Gasteiger partial charge in [-0.1, -0.05) is 36.4 Å². The number of aliphatic hydroxyl groups is 1. The van der Waals surface area contributed by atoms with Crippen molar-refractivity contribution in [2.75, 3.05) is 19.6 Å². The summed E-state index contributed by atoms with van der Waals surface area (Å²) in [5, 5.41) is 18.9. The van der Waals surface area contributed by atoms with Crippen LogP contribution < -0.4 is 0 Å². The summed E-state index contributed by atoms with van der Waals surface area (Å²) in [6, 6.07) is 18.5. The highest BCUT2D eigenvalue weighted by Crippen LogP contribution is 2.22. The van der Waals surface area contributed by atoms with Crippen LogP contribution in [-0.2, 0) is 6.42 Å². The average molecular weight is 320 g/mol. The van der Waals surface area contributed by atoms with E-state index in [1.165, 1.54) is 11.1 Å². The molecule has 24 heavy (non-hydrogen) atoms. The van der Waals surface area contributed by atoms with E-state index in [4.69, 9.17) is 5.26 Å². The molecule has 0 radical (unpaired) electrons. The molecule has 1 fully saturated rings. The third-order valence-corrected chi connectivity index (χ3v) is 4.77. The summed E-state index contributed by atoms with van der Waals surface area (Å²) in [7, 11) is 0. The van der Waals surface area contributed by atoms with Gasteiger partial charge in [0.25, 0.3) is 0 Å². The Morgan fingerprint density at radius 1 is 1.08 bits per heavy atom. The molecule has 0 spiro atoms. The molecule has 1 heterocycles. The molecule has 1 aliphatic rings. The second-order valence-electron chi connectivity index (χ2n) is 7.01. The molecule has 0 aliphatic carbocycles. The van der Waals surface area contributed by atoms with Crippen molar-refractivity contribution < 1.29 is 5.11 Å². The Balaban J connectivity index is 1.52. The molecule has 2 aromatic rings. The van der Waals surface area contributed by atoms with Crippen molar-refractivity contribution in [1.82, 2.24) is 4.90 Å². The minimum Gasteiger partial charge on any atom is -0.389 e. The molecule has 1 atom stereocenters. The molecule has 3 rings (SSSR count). The van der Waals surface area contributed by atoms with Crippen LogP contribution in [-0.4, -0.2) is 35.2 Å². The van der Waals surface area contributed by atoms with Gasteiger partial charge in [-0.05, 0) is 61.6 Å². The van der Waals surface area contributed by atoms with Gasteiger partial charge in [-0.3, -0.25) is 0 Å². The molecule has 1 N–H and O–H groups in total. The molecule has 3 nitrogen and oxygen atoms in total. The Morgan fingerprint density at radius 3 is 2.25 bits per heavy atom. The fourth-order valence-electron chi connectivity index (χ4n) is 3.34. The number of hydrogen-bond acceptors (Lipinski definition) is 3. The van der Waals surface area contributed by atoms with Crippen LogP contribution in [0.25, 0.3) is 11.1 Å². The van der Waals surface area contributed by atoms with E-state index in [1.807, 2.05) is 31.2 Å². The minimum absolute atomic E-state index is 0.497. The Hall–Kier alpha value is -2.15. The zero-order chi connectivity index (χ0) is 17.0. The summed E-state index contributed by atoms with van der Waals surface area (Å²) in [6.45, 7) is 4.78. The highest BCUT2D eigenvalue weighted by Gasteiger charge is 2.30. The first-order chi connectivity index (χ1) is 11.6. The molecule has 1 saturated heterocycles. The van der Waals surface area contributed by atoms with Gasteiger partial charge in [-0.15, -0.1) is 0 Å². The fraction of sp³-hybridized carbons (Fsp3) is 0.381. The standard InChI is InChI=1S/C21H24N2O/c1-21(24)12-14-23(16-21)13-2-3-17-4-8-19(9-5-17)20-10-6-18(15-22)7-11-20/h4-11,24H,2-3,12-14,16H2,1H3/t21-/m1/s1. The molecule has 0 aromatic heterocycles. The van der Waals surface area contributed by atoms with Gasteiger partial charge in [0.05, 0.1) is 17.2 Å². The third-order valence-electron chi connectivity index (χ3n) is 4.77. The van der Waals surface area contributed by atoms with Crippen molar-refractivity contribution in [1.29, 1.82) is 5.26 Å². The number of benzene rings is 2. The second kappa shape index (κ2) is 7.17. The maximum Gasteiger partial charge on any atom is 0.0991 e. The van der Waals surface area contributed by atoms with Crippen LogP contribution in [0.4, 0.5) is 0 Å². The molecule has 124 valence electrons. The molecule has 0 saturated carbocycles. The second-order valence-corrected chi connectivity index (χ2v) is 7.01. The Bertz CT molecular complexity index is 711. The van der Waals surface area contributed by atoms with Crippen LogP contribution in [0.15, 0.2) is 48.5 Å². The lowest BCUT2D eigenvalue weighted by atomic mass is 10.0. The molecule has 0 bridgehead atoms. The van der Waals surface area contributed by atoms with Crippen LogP contribution >= 0.6 is 0 Å². The van der Waals surface area contributed by atoms with Gasteiger partial charge in [0.1, 0.15) is 0 Å². The van der Waals surface area contributed by atoms with Crippen LogP contribution in [0.5, 0.6) is 0 Å². The monoisotopic (exact) mass is 320 g/mol. The van der Waals surface area contributed by atoms with Crippen molar-refractivity contribution in [2.24, 2.45) is 0 Å². The number of likely N-dealkylation sites (tertiary alicyclic amines) is 1. The number of aryl methyl sites for hydroxylation is 1. The summed E-state index contributed by atoms with van der Waals surface area (Å²) < 4.78 is 0. The van der Waals surface area contributed by atoms with Crippen molar-refractivity contribution >= 4 is 0 Å². The number of hydrogen-bond donors (Lipinski definition) is 1. The Morgan fingerprint density at radius 2 is 1.71 bits per heavy atom. The van der Waals surface area contributed by atoms with Gasteiger partial charge < -0.3 is 10.0 Å². The summed E-state index contributed by atoms with van der Waals surface area (Å²) in [6.07, 6.45) is 3.06. The first kappa shape index (κ1) is 16.7. The average Bonchev–Trinajstić information content (AvgIpc) is 2.94. The summed E-state index contributed by atoms with van der Waals surface area (Å²) >= 11 is 0. The van der Waals surface area contributed by atoms with E-state index >= 15 is 0 Å². The minimum atomic E-state index is -0.497. The summed E-state index contributed by atoms with van der Waals surface area (Å²) in [4.78, 5) is 2.35.